The minimum absolute atomic E-state index is 0.166. The Hall–Kier alpha value is -4.10. The molecule has 0 radical (unpaired) electrons. The highest BCUT2D eigenvalue weighted by Crippen LogP contribution is 2.31. The van der Waals surface area contributed by atoms with Crippen LogP contribution >= 0.6 is 0 Å². The minimum atomic E-state index is -0.183. The number of nitrogens with one attached hydrogen (secondary N) is 1. The first-order valence-corrected chi connectivity index (χ1v) is 10.4. The van der Waals surface area contributed by atoms with E-state index in [0.717, 1.165) is 16.6 Å². The molecule has 1 atom stereocenters. The van der Waals surface area contributed by atoms with Gasteiger partial charge >= 0.3 is 6.15 Å². The van der Waals surface area contributed by atoms with E-state index in [4.69, 9.17) is 29.5 Å². The number of aromatic nitrogens is 1. The Kier molecular flexibility index (Phi) is 7.83. The lowest BCUT2D eigenvalue weighted by atomic mass is 10.1. The van der Waals surface area contributed by atoms with E-state index in [1.165, 1.54) is 0 Å². The number of rotatable bonds is 6. The zero-order valence-electron chi connectivity index (χ0n) is 18.4. The number of fused-ring (bicyclic) bond motifs is 2. The summed E-state index contributed by atoms with van der Waals surface area (Å²) in [5.41, 5.74) is 8.99. The second-order valence-electron chi connectivity index (χ2n) is 7.33. The van der Waals surface area contributed by atoms with Crippen molar-refractivity contribution in [2.75, 3.05) is 25.6 Å². The lowest BCUT2D eigenvalue weighted by molar-refractivity contribution is -0.191. The normalized spacial score (nSPS) is 12.7. The van der Waals surface area contributed by atoms with E-state index in [1.807, 2.05) is 38.1 Å². The molecule has 1 aliphatic rings. The van der Waals surface area contributed by atoms with Gasteiger partial charge in [-0.05, 0) is 49.7 Å². The molecule has 3 aromatic rings. The van der Waals surface area contributed by atoms with Crippen molar-refractivity contribution in [1.82, 2.24) is 10.3 Å². The van der Waals surface area contributed by atoms with E-state index in [0.29, 0.717) is 54.7 Å². The van der Waals surface area contributed by atoms with E-state index in [-0.39, 0.29) is 18.1 Å². The van der Waals surface area contributed by atoms with Gasteiger partial charge in [-0.15, -0.1) is 0 Å². The number of carbonyl (C=O) groups excluding carboxylic acids is 3. The largest absolute Gasteiger partial charge is 0.491 e. The van der Waals surface area contributed by atoms with Crippen molar-refractivity contribution in [3.05, 3.63) is 53.7 Å². The molecule has 0 unspecified atom stereocenters. The molecule has 0 fully saturated rings. The fourth-order valence-electron chi connectivity index (χ4n) is 3.45. The Labute approximate surface area is 190 Å². The van der Waals surface area contributed by atoms with E-state index >= 15 is 0 Å². The summed E-state index contributed by atoms with van der Waals surface area (Å²) in [6.45, 7) is 5.22. The number of hydrogen-bond acceptors (Lipinski definition) is 8. The molecule has 1 aliphatic heterocycles. The first-order valence-electron chi connectivity index (χ1n) is 10.4. The third-order valence-corrected chi connectivity index (χ3v) is 5.03. The van der Waals surface area contributed by atoms with Crippen molar-refractivity contribution in [2.45, 2.75) is 26.3 Å². The number of nitrogens with two attached hydrogens (primary N) is 1. The molecule has 33 heavy (non-hydrogen) atoms. The quantitative estimate of drug-likeness (QED) is 0.585. The van der Waals surface area contributed by atoms with Gasteiger partial charge in [0, 0.05) is 16.9 Å². The van der Waals surface area contributed by atoms with Crippen molar-refractivity contribution in [1.29, 1.82) is 0 Å². The summed E-state index contributed by atoms with van der Waals surface area (Å²) in [5, 5.41) is 3.81. The summed E-state index contributed by atoms with van der Waals surface area (Å²) >= 11 is 0. The number of carbonyl (C=O) groups is 1. The third kappa shape index (κ3) is 5.78. The van der Waals surface area contributed by atoms with Gasteiger partial charge in [-0.3, -0.25) is 9.78 Å². The Balaban J connectivity index is 0.000000968. The molecule has 4 rings (SSSR count). The Bertz CT molecular complexity index is 1170. The van der Waals surface area contributed by atoms with Crippen molar-refractivity contribution in [3.63, 3.8) is 0 Å². The van der Waals surface area contributed by atoms with Crippen LogP contribution in [0.3, 0.4) is 0 Å². The molecule has 0 spiro atoms. The van der Waals surface area contributed by atoms with Gasteiger partial charge in [-0.2, -0.15) is 9.59 Å². The SMILES string of the molecule is CC[C@@H](COc1cccc2nc(C)cc(N)c12)NC(=O)c1ccc2c(c1)OCCO2.O=C=O. The number of ether oxygens (including phenoxy) is 3. The van der Waals surface area contributed by atoms with Crippen LogP contribution in [-0.2, 0) is 9.59 Å². The van der Waals surface area contributed by atoms with Gasteiger partial charge in [0.05, 0.1) is 16.9 Å². The molecule has 172 valence electrons. The monoisotopic (exact) mass is 451 g/mol. The maximum absolute atomic E-state index is 12.7. The number of nitrogens with zero attached hydrogens (tertiary/aromatic N) is 1. The number of benzene rings is 2. The first kappa shape index (κ1) is 23.6. The standard InChI is InChI=1S/C23H25N3O4.CO2/c1-3-16(26-23(27)15-7-8-19-21(12-15)29-10-9-28-19)13-30-20-6-4-5-18-22(20)17(24)11-14(2)25-18;2-1-3/h4-8,11-12,16H,3,9-10,13H2,1-2H3,(H2,24,25)(H,26,27);/t16-;/m0./s1. The van der Waals surface area contributed by atoms with Crippen LogP contribution in [0, 0.1) is 6.92 Å². The fraction of sp³-hybridized carbons (Fsp3) is 0.292. The Morgan fingerprint density at radius 1 is 1.18 bits per heavy atom. The molecule has 0 bridgehead atoms. The molecular weight excluding hydrogens is 426 g/mol. The zero-order chi connectivity index (χ0) is 23.8. The molecule has 3 N–H and O–H groups in total. The minimum Gasteiger partial charge on any atom is -0.491 e. The zero-order valence-corrected chi connectivity index (χ0v) is 18.4. The Morgan fingerprint density at radius 2 is 1.91 bits per heavy atom. The van der Waals surface area contributed by atoms with Gasteiger partial charge in [0.1, 0.15) is 25.6 Å². The number of amides is 1. The lowest BCUT2D eigenvalue weighted by Gasteiger charge is -2.21. The summed E-state index contributed by atoms with van der Waals surface area (Å²) in [5.74, 6) is 1.72. The second-order valence-corrected chi connectivity index (χ2v) is 7.33. The van der Waals surface area contributed by atoms with Gasteiger partial charge in [0.15, 0.2) is 11.5 Å². The van der Waals surface area contributed by atoms with Crippen molar-refractivity contribution >= 4 is 28.6 Å². The average Bonchev–Trinajstić information content (AvgIpc) is 2.81. The summed E-state index contributed by atoms with van der Waals surface area (Å²) in [6.07, 6.45) is 0.966. The van der Waals surface area contributed by atoms with Crippen LogP contribution in [0.25, 0.3) is 10.9 Å². The lowest BCUT2D eigenvalue weighted by Crippen LogP contribution is -2.38. The molecular formula is C24H25N3O6. The van der Waals surface area contributed by atoms with Crippen molar-refractivity contribution < 1.29 is 28.6 Å². The fourth-order valence-corrected chi connectivity index (χ4v) is 3.45. The molecule has 0 aliphatic carbocycles. The topological polar surface area (TPSA) is 130 Å². The van der Waals surface area contributed by atoms with Crippen LogP contribution in [-0.4, -0.2) is 42.9 Å². The third-order valence-electron chi connectivity index (χ3n) is 5.03. The Morgan fingerprint density at radius 3 is 2.64 bits per heavy atom. The number of hydrogen-bond donors (Lipinski definition) is 2. The summed E-state index contributed by atoms with van der Waals surface area (Å²) in [6, 6.07) is 12.5. The number of anilines is 1. The van der Waals surface area contributed by atoms with Crippen LogP contribution in [0.15, 0.2) is 42.5 Å². The predicted molar refractivity (Wildman–Crippen MR) is 120 cm³/mol. The van der Waals surface area contributed by atoms with Crippen LogP contribution in [0.2, 0.25) is 0 Å². The van der Waals surface area contributed by atoms with Crippen LogP contribution in [0.5, 0.6) is 17.2 Å². The molecule has 1 amide bonds. The molecule has 9 nitrogen and oxygen atoms in total. The highest BCUT2D eigenvalue weighted by atomic mass is 16.6. The van der Waals surface area contributed by atoms with Crippen LogP contribution in [0.4, 0.5) is 5.69 Å². The molecule has 9 heteroatoms. The molecule has 2 heterocycles. The van der Waals surface area contributed by atoms with Gasteiger partial charge in [0.25, 0.3) is 5.91 Å². The first-order chi connectivity index (χ1) is 16.0. The summed E-state index contributed by atoms with van der Waals surface area (Å²) in [4.78, 5) is 33.5. The van der Waals surface area contributed by atoms with E-state index in [1.54, 1.807) is 18.2 Å². The van der Waals surface area contributed by atoms with Gasteiger partial charge in [0.2, 0.25) is 0 Å². The summed E-state index contributed by atoms with van der Waals surface area (Å²) < 4.78 is 17.1. The number of aryl methyl sites for hydroxylation is 1. The highest BCUT2D eigenvalue weighted by Gasteiger charge is 2.18. The van der Waals surface area contributed by atoms with E-state index < -0.39 is 0 Å². The van der Waals surface area contributed by atoms with Crippen molar-refractivity contribution in [2.24, 2.45) is 0 Å². The maximum atomic E-state index is 12.7. The number of pyridine rings is 1. The average molecular weight is 451 g/mol. The van der Waals surface area contributed by atoms with Gasteiger partial charge in [-0.1, -0.05) is 13.0 Å². The smallest absolute Gasteiger partial charge is 0.373 e. The van der Waals surface area contributed by atoms with Crippen molar-refractivity contribution in [3.8, 4) is 17.2 Å². The van der Waals surface area contributed by atoms with Gasteiger partial charge < -0.3 is 25.3 Å². The molecule has 0 saturated heterocycles. The molecule has 0 saturated carbocycles. The molecule has 2 aromatic carbocycles. The van der Waals surface area contributed by atoms with Crippen LogP contribution in [0.1, 0.15) is 29.4 Å². The van der Waals surface area contributed by atoms with E-state index in [2.05, 4.69) is 10.3 Å². The maximum Gasteiger partial charge on any atom is 0.373 e. The second kappa shape index (κ2) is 11.0. The summed E-state index contributed by atoms with van der Waals surface area (Å²) in [7, 11) is 0. The van der Waals surface area contributed by atoms with E-state index in [9.17, 15) is 4.79 Å². The highest BCUT2D eigenvalue weighted by molar-refractivity contribution is 5.96. The van der Waals surface area contributed by atoms with Gasteiger partial charge in [-0.25, -0.2) is 0 Å². The van der Waals surface area contributed by atoms with Crippen LogP contribution < -0.4 is 25.3 Å². The predicted octanol–water partition coefficient (Wildman–Crippen LogP) is 2.90. The number of nitrogen functional groups attached to an aromatic ring is 1. The molecule has 1 aromatic heterocycles.